The summed E-state index contributed by atoms with van der Waals surface area (Å²) in [7, 11) is 0. The minimum Gasteiger partial charge on any atom is -0.324 e. The summed E-state index contributed by atoms with van der Waals surface area (Å²) in [4.78, 5) is 1.31. The highest BCUT2D eigenvalue weighted by atomic mass is 32.1. The topological polar surface area (TPSA) is 54.7 Å². The molecule has 0 bridgehead atoms. The number of rotatable bonds is 3. The summed E-state index contributed by atoms with van der Waals surface area (Å²) < 4.78 is 0. The Kier molecular flexibility index (Phi) is 2.42. The van der Waals surface area contributed by atoms with Gasteiger partial charge in [0.15, 0.2) is 0 Å². The van der Waals surface area contributed by atoms with E-state index in [2.05, 4.69) is 21.6 Å². The van der Waals surface area contributed by atoms with E-state index < -0.39 is 0 Å². The summed E-state index contributed by atoms with van der Waals surface area (Å²) in [6.07, 6.45) is 4.51. The molecule has 2 aromatic rings. The molecule has 2 heterocycles. The molecule has 3 N–H and O–H groups in total. The predicted octanol–water partition coefficient (Wildman–Crippen LogP) is 1.71. The van der Waals surface area contributed by atoms with Crippen molar-refractivity contribution in [3.63, 3.8) is 0 Å². The molecule has 1 unspecified atom stereocenters. The summed E-state index contributed by atoms with van der Waals surface area (Å²) in [5, 5.41) is 8.70. The highest BCUT2D eigenvalue weighted by molar-refractivity contribution is 7.09. The van der Waals surface area contributed by atoms with E-state index in [1.165, 1.54) is 4.88 Å². The summed E-state index contributed by atoms with van der Waals surface area (Å²) in [5.41, 5.74) is 7.04. The quantitative estimate of drug-likeness (QED) is 0.779. The number of aromatic amines is 1. The van der Waals surface area contributed by atoms with E-state index in [-0.39, 0.29) is 6.04 Å². The molecule has 2 aromatic heterocycles. The Morgan fingerprint density at radius 1 is 1.62 bits per heavy atom. The second kappa shape index (κ2) is 3.72. The van der Waals surface area contributed by atoms with Crippen LogP contribution in [-0.2, 0) is 6.42 Å². The van der Waals surface area contributed by atoms with Crippen molar-refractivity contribution in [3.05, 3.63) is 40.3 Å². The Labute approximate surface area is 80.6 Å². The average Bonchev–Trinajstić information content (AvgIpc) is 2.74. The van der Waals surface area contributed by atoms with Crippen molar-refractivity contribution >= 4 is 11.3 Å². The zero-order valence-corrected chi connectivity index (χ0v) is 7.92. The van der Waals surface area contributed by atoms with Crippen molar-refractivity contribution in [1.29, 1.82) is 0 Å². The van der Waals surface area contributed by atoms with Gasteiger partial charge in [0.2, 0.25) is 0 Å². The van der Waals surface area contributed by atoms with E-state index in [1.807, 2.05) is 12.3 Å². The third kappa shape index (κ3) is 1.96. The Balaban J connectivity index is 2.04. The van der Waals surface area contributed by atoms with Crippen LogP contribution in [0.5, 0.6) is 0 Å². The molecule has 0 saturated carbocycles. The summed E-state index contributed by atoms with van der Waals surface area (Å²) in [6, 6.07) is 4.20. The van der Waals surface area contributed by atoms with Crippen molar-refractivity contribution in [1.82, 2.24) is 10.2 Å². The van der Waals surface area contributed by atoms with Gasteiger partial charge in [0.1, 0.15) is 0 Å². The van der Waals surface area contributed by atoms with Crippen LogP contribution in [-0.4, -0.2) is 10.2 Å². The normalized spacial score (nSPS) is 13.0. The molecule has 4 heteroatoms. The van der Waals surface area contributed by atoms with Crippen LogP contribution < -0.4 is 5.73 Å². The van der Waals surface area contributed by atoms with Crippen LogP contribution in [0.3, 0.4) is 0 Å². The van der Waals surface area contributed by atoms with Crippen LogP contribution in [0.4, 0.5) is 0 Å². The number of thiophene rings is 1. The summed E-state index contributed by atoms with van der Waals surface area (Å²) in [5.74, 6) is 0. The maximum atomic E-state index is 5.98. The zero-order chi connectivity index (χ0) is 9.10. The van der Waals surface area contributed by atoms with Gasteiger partial charge in [-0.05, 0) is 11.4 Å². The first-order valence-corrected chi connectivity index (χ1v) is 5.01. The lowest BCUT2D eigenvalue weighted by Crippen LogP contribution is -2.11. The second-order valence-corrected chi connectivity index (χ2v) is 3.95. The van der Waals surface area contributed by atoms with E-state index >= 15 is 0 Å². The van der Waals surface area contributed by atoms with Crippen LogP contribution in [0.25, 0.3) is 0 Å². The first-order chi connectivity index (χ1) is 6.36. The van der Waals surface area contributed by atoms with Crippen molar-refractivity contribution in [2.75, 3.05) is 0 Å². The SMILES string of the molecule is NC(Cc1cccs1)c1cn[nH]c1. The Bertz CT molecular complexity index is 339. The third-order valence-corrected chi connectivity index (χ3v) is 2.85. The highest BCUT2D eigenvalue weighted by Gasteiger charge is 2.07. The molecule has 1 atom stereocenters. The zero-order valence-electron chi connectivity index (χ0n) is 7.10. The fourth-order valence-corrected chi connectivity index (χ4v) is 1.99. The van der Waals surface area contributed by atoms with E-state index in [1.54, 1.807) is 17.5 Å². The molecule has 0 aliphatic heterocycles. The van der Waals surface area contributed by atoms with Crippen LogP contribution in [0.2, 0.25) is 0 Å². The van der Waals surface area contributed by atoms with Gasteiger partial charge < -0.3 is 5.73 Å². The lowest BCUT2D eigenvalue weighted by molar-refractivity contribution is 0.731. The van der Waals surface area contributed by atoms with Gasteiger partial charge in [0, 0.05) is 29.1 Å². The Morgan fingerprint density at radius 2 is 2.54 bits per heavy atom. The lowest BCUT2D eigenvalue weighted by atomic mass is 10.1. The summed E-state index contributed by atoms with van der Waals surface area (Å²) in [6.45, 7) is 0. The number of hydrogen-bond acceptors (Lipinski definition) is 3. The van der Waals surface area contributed by atoms with Crippen molar-refractivity contribution in [3.8, 4) is 0 Å². The fraction of sp³-hybridized carbons (Fsp3) is 0.222. The molecule has 0 spiro atoms. The molecule has 0 fully saturated rings. The van der Waals surface area contributed by atoms with E-state index in [0.717, 1.165) is 12.0 Å². The molecule has 0 saturated heterocycles. The van der Waals surface area contributed by atoms with Crippen LogP contribution in [0, 0.1) is 0 Å². The van der Waals surface area contributed by atoms with Gasteiger partial charge in [0.05, 0.1) is 6.20 Å². The molecule has 0 aliphatic carbocycles. The number of nitrogens with two attached hydrogens (primary N) is 1. The minimum atomic E-state index is 0.0531. The van der Waals surface area contributed by atoms with Gasteiger partial charge in [-0.15, -0.1) is 11.3 Å². The predicted molar refractivity (Wildman–Crippen MR) is 53.5 cm³/mol. The molecule has 13 heavy (non-hydrogen) atoms. The van der Waals surface area contributed by atoms with Crippen LogP contribution in [0.15, 0.2) is 29.9 Å². The maximum absolute atomic E-state index is 5.98. The number of nitrogens with zero attached hydrogens (tertiary/aromatic N) is 1. The molecule has 0 radical (unpaired) electrons. The largest absolute Gasteiger partial charge is 0.324 e. The van der Waals surface area contributed by atoms with E-state index in [9.17, 15) is 0 Å². The summed E-state index contributed by atoms with van der Waals surface area (Å²) >= 11 is 1.74. The van der Waals surface area contributed by atoms with Crippen molar-refractivity contribution in [2.45, 2.75) is 12.5 Å². The average molecular weight is 193 g/mol. The van der Waals surface area contributed by atoms with E-state index in [0.29, 0.717) is 0 Å². The minimum absolute atomic E-state index is 0.0531. The van der Waals surface area contributed by atoms with Crippen LogP contribution in [0.1, 0.15) is 16.5 Å². The van der Waals surface area contributed by atoms with Gasteiger partial charge in [-0.25, -0.2) is 0 Å². The smallest absolute Gasteiger partial charge is 0.0535 e. The molecular formula is C9H11N3S. The fourth-order valence-electron chi connectivity index (χ4n) is 1.23. The van der Waals surface area contributed by atoms with Crippen LogP contribution >= 0.6 is 11.3 Å². The van der Waals surface area contributed by atoms with Gasteiger partial charge in [-0.1, -0.05) is 6.07 Å². The molecule has 0 aromatic carbocycles. The molecule has 2 rings (SSSR count). The van der Waals surface area contributed by atoms with Gasteiger partial charge >= 0.3 is 0 Å². The first-order valence-electron chi connectivity index (χ1n) is 4.13. The Morgan fingerprint density at radius 3 is 3.15 bits per heavy atom. The number of nitrogens with one attached hydrogen (secondary N) is 1. The monoisotopic (exact) mass is 193 g/mol. The molecule has 0 aliphatic rings. The standard InChI is InChI=1S/C9H11N3S/c10-9(7-5-11-12-6-7)4-8-2-1-3-13-8/h1-3,5-6,9H,4,10H2,(H,11,12). The lowest BCUT2D eigenvalue weighted by Gasteiger charge is -2.06. The maximum Gasteiger partial charge on any atom is 0.0535 e. The number of H-pyrrole nitrogens is 1. The third-order valence-electron chi connectivity index (χ3n) is 1.95. The Hall–Kier alpha value is -1.13. The molecule has 3 nitrogen and oxygen atoms in total. The van der Waals surface area contributed by atoms with Gasteiger partial charge in [-0.2, -0.15) is 5.10 Å². The number of aromatic nitrogens is 2. The van der Waals surface area contributed by atoms with Gasteiger partial charge in [-0.3, -0.25) is 5.10 Å². The van der Waals surface area contributed by atoms with E-state index in [4.69, 9.17) is 5.73 Å². The second-order valence-electron chi connectivity index (χ2n) is 2.92. The first kappa shape index (κ1) is 8.47. The molecule has 0 amide bonds. The highest BCUT2D eigenvalue weighted by Crippen LogP contribution is 2.17. The molecular weight excluding hydrogens is 182 g/mol. The number of hydrogen-bond donors (Lipinski definition) is 2. The van der Waals surface area contributed by atoms with Crippen molar-refractivity contribution < 1.29 is 0 Å². The molecule has 68 valence electrons. The van der Waals surface area contributed by atoms with Crippen molar-refractivity contribution in [2.24, 2.45) is 5.73 Å². The van der Waals surface area contributed by atoms with Gasteiger partial charge in [0.25, 0.3) is 0 Å².